The van der Waals surface area contributed by atoms with Crippen LogP contribution in [0.15, 0.2) is 24.3 Å². The molecule has 1 aliphatic carbocycles. The summed E-state index contributed by atoms with van der Waals surface area (Å²) in [5.41, 5.74) is 8.41. The van der Waals surface area contributed by atoms with Crippen LogP contribution in [0.25, 0.3) is 0 Å². The molecule has 1 saturated carbocycles. The third-order valence-electron chi connectivity index (χ3n) is 5.30. The normalized spacial score (nSPS) is 30.4. The second-order valence-electron chi connectivity index (χ2n) is 7.71. The number of nitrogens with zero attached hydrogens (tertiary/aromatic N) is 1. The van der Waals surface area contributed by atoms with Crippen LogP contribution < -0.4 is 11.1 Å². The maximum Gasteiger partial charge on any atom is 0.223 e. The van der Waals surface area contributed by atoms with Gasteiger partial charge in [-0.2, -0.15) is 0 Å². The molecule has 1 aliphatic heterocycles. The molecule has 1 heterocycles. The molecule has 0 bridgehead atoms. The van der Waals surface area contributed by atoms with Crippen LogP contribution in [0.4, 0.5) is 0 Å². The fraction of sp³-hybridized carbons (Fsp3) is 0.650. The second kappa shape index (κ2) is 8.30. The van der Waals surface area contributed by atoms with E-state index in [1.807, 2.05) is 6.07 Å². The Morgan fingerprint density at radius 3 is 2.52 bits per heavy atom. The van der Waals surface area contributed by atoms with Crippen molar-refractivity contribution in [1.29, 1.82) is 0 Å². The van der Waals surface area contributed by atoms with Crippen molar-refractivity contribution < 1.29 is 9.53 Å². The zero-order valence-electron chi connectivity index (χ0n) is 15.4. The van der Waals surface area contributed by atoms with Crippen molar-refractivity contribution in [3.63, 3.8) is 0 Å². The van der Waals surface area contributed by atoms with Crippen molar-refractivity contribution in [3.8, 4) is 0 Å². The lowest BCUT2D eigenvalue weighted by Crippen LogP contribution is -2.45. The molecule has 0 aromatic heterocycles. The largest absolute Gasteiger partial charge is 0.373 e. The summed E-state index contributed by atoms with van der Waals surface area (Å²) in [7, 11) is 0. The van der Waals surface area contributed by atoms with Crippen LogP contribution in [0.3, 0.4) is 0 Å². The summed E-state index contributed by atoms with van der Waals surface area (Å²) < 4.78 is 5.82. The van der Waals surface area contributed by atoms with Gasteiger partial charge in [-0.3, -0.25) is 9.69 Å². The minimum atomic E-state index is 0.0862. The van der Waals surface area contributed by atoms with E-state index in [4.69, 9.17) is 10.5 Å². The lowest BCUT2D eigenvalue weighted by molar-refractivity contribution is -0.125. The van der Waals surface area contributed by atoms with Crippen LogP contribution in [0, 0.1) is 5.92 Å². The van der Waals surface area contributed by atoms with E-state index in [0.717, 1.165) is 38.9 Å². The molecule has 5 nitrogen and oxygen atoms in total. The van der Waals surface area contributed by atoms with Crippen molar-refractivity contribution in [2.24, 2.45) is 11.7 Å². The number of nitrogens with one attached hydrogen (secondary N) is 1. The maximum atomic E-state index is 12.4. The van der Waals surface area contributed by atoms with Gasteiger partial charge in [0.1, 0.15) is 0 Å². The average molecular weight is 345 g/mol. The molecule has 3 N–H and O–H groups in total. The van der Waals surface area contributed by atoms with Crippen molar-refractivity contribution in [2.75, 3.05) is 13.1 Å². The highest BCUT2D eigenvalue weighted by Gasteiger charge is 2.27. The predicted octanol–water partition coefficient (Wildman–Crippen LogP) is 2.04. The number of hydrogen-bond acceptors (Lipinski definition) is 4. The van der Waals surface area contributed by atoms with Gasteiger partial charge in [0.2, 0.25) is 5.91 Å². The molecule has 0 radical (unpaired) electrons. The molecule has 1 saturated heterocycles. The van der Waals surface area contributed by atoms with Crippen molar-refractivity contribution >= 4 is 5.91 Å². The van der Waals surface area contributed by atoms with E-state index in [-0.39, 0.29) is 30.1 Å². The molecule has 0 spiro atoms. The molecule has 1 aromatic carbocycles. The monoisotopic (exact) mass is 345 g/mol. The molecule has 0 unspecified atom stereocenters. The van der Waals surface area contributed by atoms with Gasteiger partial charge in [0, 0.05) is 38.1 Å². The van der Waals surface area contributed by atoms with Gasteiger partial charge in [-0.05, 0) is 44.2 Å². The summed E-state index contributed by atoms with van der Waals surface area (Å²) in [6.07, 6.45) is 3.22. The SMILES string of the molecule is C[C@@H]1CN(Cc2ccccc2CNC(=O)[C@@H]2CC[C@@H](N)C2)C[C@H](C)O1. The van der Waals surface area contributed by atoms with Gasteiger partial charge in [-0.25, -0.2) is 0 Å². The highest BCUT2D eigenvalue weighted by molar-refractivity contribution is 5.79. The number of ether oxygens (including phenoxy) is 1. The first-order chi connectivity index (χ1) is 12.0. The lowest BCUT2D eigenvalue weighted by Gasteiger charge is -2.35. The van der Waals surface area contributed by atoms with Gasteiger partial charge in [0.05, 0.1) is 12.2 Å². The molecule has 1 aromatic rings. The van der Waals surface area contributed by atoms with Gasteiger partial charge in [-0.1, -0.05) is 24.3 Å². The zero-order chi connectivity index (χ0) is 17.8. The van der Waals surface area contributed by atoms with E-state index in [9.17, 15) is 4.79 Å². The zero-order valence-corrected chi connectivity index (χ0v) is 15.4. The summed E-state index contributed by atoms with van der Waals surface area (Å²) >= 11 is 0. The van der Waals surface area contributed by atoms with Crippen molar-refractivity contribution in [1.82, 2.24) is 10.2 Å². The Labute approximate surface area is 150 Å². The topological polar surface area (TPSA) is 67.6 Å². The molecular weight excluding hydrogens is 314 g/mol. The number of carbonyl (C=O) groups excluding carboxylic acids is 1. The molecule has 2 fully saturated rings. The predicted molar refractivity (Wildman–Crippen MR) is 98.9 cm³/mol. The number of nitrogens with two attached hydrogens (primary N) is 1. The summed E-state index contributed by atoms with van der Waals surface area (Å²) in [5.74, 6) is 0.236. The van der Waals surface area contributed by atoms with E-state index in [1.165, 1.54) is 11.1 Å². The van der Waals surface area contributed by atoms with Crippen LogP contribution in [0.2, 0.25) is 0 Å². The number of rotatable bonds is 5. The molecule has 138 valence electrons. The van der Waals surface area contributed by atoms with E-state index in [2.05, 4.69) is 42.3 Å². The smallest absolute Gasteiger partial charge is 0.223 e. The van der Waals surface area contributed by atoms with Crippen LogP contribution in [-0.2, 0) is 22.6 Å². The minimum absolute atomic E-state index is 0.0862. The Kier molecular flexibility index (Phi) is 6.10. The van der Waals surface area contributed by atoms with E-state index < -0.39 is 0 Å². The minimum Gasteiger partial charge on any atom is -0.373 e. The molecule has 2 aliphatic rings. The Hall–Kier alpha value is -1.43. The van der Waals surface area contributed by atoms with Crippen LogP contribution in [0.5, 0.6) is 0 Å². The molecular formula is C20H31N3O2. The van der Waals surface area contributed by atoms with Crippen molar-refractivity contribution in [2.45, 2.75) is 64.4 Å². The third-order valence-corrected chi connectivity index (χ3v) is 5.30. The number of benzene rings is 1. The quantitative estimate of drug-likeness (QED) is 0.857. The highest BCUT2D eigenvalue weighted by Crippen LogP contribution is 2.24. The fourth-order valence-electron chi connectivity index (χ4n) is 4.12. The Morgan fingerprint density at radius 2 is 1.88 bits per heavy atom. The second-order valence-corrected chi connectivity index (χ2v) is 7.71. The first-order valence-corrected chi connectivity index (χ1v) is 9.49. The first-order valence-electron chi connectivity index (χ1n) is 9.49. The van der Waals surface area contributed by atoms with Crippen LogP contribution in [-0.4, -0.2) is 42.1 Å². The van der Waals surface area contributed by atoms with Gasteiger partial charge >= 0.3 is 0 Å². The summed E-state index contributed by atoms with van der Waals surface area (Å²) in [5, 5.41) is 3.12. The standard InChI is InChI=1S/C20H31N3O2/c1-14-11-23(12-15(2)25-14)13-18-6-4-3-5-17(18)10-22-20(24)16-7-8-19(21)9-16/h3-6,14-16,19H,7-13,21H2,1-2H3,(H,22,24)/t14-,15+,16-,19-/m1/s1. The molecule has 5 heteroatoms. The maximum absolute atomic E-state index is 12.4. The summed E-state index contributed by atoms with van der Waals surface area (Å²) in [6, 6.07) is 8.58. The molecule has 3 rings (SSSR count). The van der Waals surface area contributed by atoms with Crippen LogP contribution >= 0.6 is 0 Å². The molecule has 25 heavy (non-hydrogen) atoms. The van der Waals surface area contributed by atoms with Gasteiger partial charge in [-0.15, -0.1) is 0 Å². The summed E-state index contributed by atoms with van der Waals surface area (Å²) in [6.45, 7) is 7.65. The molecule has 1 amide bonds. The van der Waals surface area contributed by atoms with Crippen molar-refractivity contribution in [3.05, 3.63) is 35.4 Å². The van der Waals surface area contributed by atoms with E-state index >= 15 is 0 Å². The van der Waals surface area contributed by atoms with E-state index in [0.29, 0.717) is 6.54 Å². The fourth-order valence-corrected chi connectivity index (χ4v) is 4.12. The number of carbonyl (C=O) groups is 1. The number of hydrogen-bond donors (Lipinski definition) is 2. The Balaban J connectivity index is 1.58. The summed E-state index contributed by atoms with van der Waals surface area (Å²) in [4.78, 5) is 14.8. The Morgan fingerprint density at radius 1 is 1.20 bits per heavy atom. The van der Waals surface area contributed by atoms with Gasteiger partial charge in [0.25, 0.3) is 0 Å². The van der Waals surface area contributed by atoms with Crippen LogP contribution in [0.1, 0.15) is 44.2 Å². The first kappa shape index (κ1) is 18.4. The number of amides is 1. The Bertz CT molecular complexity index is 582. The highest BCUT2D eigenvalue weighted by atomic mass is 16.5. The third kappa shape index (κ3) is 5.03. The average Bonchev–Trinajstić information content (AvgIpc) is 2.99. The molecule has 4 atom stereocenters. The van der Waals surface area contributed by atoms with Gasteiger partial charge < -0.3 is 15.8 Å². The number of morpholine rings is 1. The van der Waals surface area contributed by atoms with E-state index in [1.54, 1.807) is 0 Å². The van der Waals surface area contributed by atoms with Gasteiger partial charge in [0.15, 0.2) is 0 Å². The lowest BCUT2D eigenvalue weighted by atomic mass is 10.0.